The van der Waals surface area contributed by atoms with Gasteiger partial charge in [-0.2, -0.15) is 101 Å². The smallest absolute Gasteiger partial charge is 0.202 e. The van der Waals surface area contributed by atoms with E-state index in [-0.39, 0.29) is 0 Å². The minimum Gasteiger partial charge on any atom is -0.202 e. The molecule has 0 radical (unpaired) electrons. The van der Waals surface area contributed by atoms with Crippen molar-refractivity contribution in [3.63, 3.8) is 0 Å². The molecule has 0 rings (SSSR count). The predicted octanol–water partition coefficient (Wildman–Crippen LogP) is 9.85. The third kappa shape index (κ3) is 5.02. The lowest BCUT2D eigenvalue weighted by molar-refractivity contribution is -0.460. The molecule has 0 saturated carbocycles. The number of halogens is 25. The average molecular weight is 674 g/mol. The van der Waals surface area contributed by atoms with Gasteiger partial charge in [0.2, 0.25) is 11.7 Å². The molecular formula is C16H7F25. The van der Waals surface area contributed by atoms with E-state index in [9.17, 15) is 110 Å². The molecule has 0 heterocycles. The fourth-order valence-electron chi connectivity index (χ4n) is 2.42. The van der Waals surface area contributed by atoms with Crippen LogP contribution in [0.3, 0.4) is 0 Å². The molecule has 0 bridgehead atoms. The summed E-state index contributed by atoms with van der Waals surface area (Å²) in [7, 11) is 0. The summed E-state index contributed by atoms with van der Waals surface area (Å²) in [6.07, 6.45) is -11.8. The van der Waals surface area contributed by atoms with Gasteiger partial charge in [-0.05, 0) is 0 Å². The molecule has 0 aromatic rings. The van der Waals surface area contributed by atoms with Crippen molar-refractivity contribution in [1.29, 1.82) is 0 Å². The maximum absolute atomic E-state index is 13.6. The van der Waals surface area contributed by atoms with Crippen molar-refractivity contribution in [2.75, 3.05) is 0 Å². The van der Waals surface area contributed by atoms with Crippen molar-refractivity contribution in [2.45, 2.75) is 85.2 Å². The largest absolute Gasteiger partial charge is 0.460 e. The SMILES string of the molecule is CCCC(F)(F)C(F)(F)C(F)(F)/C(F)=C(\F)C(F)(F)C(F)(F)C(F)(F)C(F)(F)C(F)(F)C(F)(F)C(F)(F)C(F)(F)F. The Balaban J connectivity index is 7.28. The first-order valence-electron chi connectivity index (χ1n) is 9.29. The molecule has 0 aliphatic heterocycles. The standard InChI is InChI=1S/C16H7F25/c1-2-3-6(19,20)9(25,26)7(21,22)4(17)5(18)8(23,24)10(27,28)11(29,30)12(31,32)13(33,34)14(35,36)15(37,38)16(39,40)41/h2-3H2,1H3/b5-4+. The van der Waals surface area contributed by atoms with Crippen LogP contribution in [0.1, 0.15) is 19.8 Å². The highest BCUT2D eigenvalue weighted by Crippen LogP contribution is 2.65. The van der Waals surface area contributed by atoms with Crippen molar-refractivity contribution < 1.29 is 110 Å². The summed E-state index contributed by atoms with van der Waals surface area (Å²) in [6.45, 7) is 0.510. The average Bonchev–Trinajstić information content (AvgIpc) is 2.75. The van der Waals surface area contributed by atoms with E-state index < -0.39 is 89.9 Å². The van der Waals surface area contributed by atoms with Crippen LogP contribution in [-0.4, -0.2) is 65.4 Å². The lowest BCUT2D eigenvalue weighted by Gasteiger charge is -2.42. The van der Waals surface area contributed by atoms with Crippen LogP contribution >= 0.6 is 0 Å². The third-order valence-corrected chi connectivity index (χ3v) is 4.88. The van der Waals surface area contributed by atoms with Gasteiger partial charge in [0.25, 0.3) is 0 Å². The normalized spacial score (nSPS) is 17.1. The highest BCUT2D eigenvalue weighted by Gasteiger charge is 2.95. The Labute approximate surface area is 208 Å². The van der Waals surface area contributed by atoms with E-state index in [4.69, 9.17) is 0 Å². The van der Waals surface area contributed by atoms with Crippen LogP contribution in [0.5, 0.6) is 0 Å². The van der Waals surface area contributed by atoms with Crippen LogP contribution in [0.2, 0.25) is 0 Å². The van der Waals surface area contributed by atoms with Gasteiger partial charge < -0.3 is 0 Å². The summed E-state index contributed by atoms with van der Waals surface area (Å²) in [5.41, 5.74) is 0. The first kappa shape index (κ1) is 39.0. The molecule has 25 heteroatoms. The van der Waals surface area contributed by atoms with E-state index in [1.807, 2.05) is 0 Å². The Hall–Kier alpha value is -2.01. The van der Waals surface area contributed by atoms with E-state index in [0.717, 1.165) is 0 Å². The first-order valence-corrected chi connectivity index (χ1v) is 9.29. The molecule has 0 saturated heterocycles. The summed E-state index contributed by atoms with van der Waals surface area (Å²) < 4.78 is 329. The van der Waals surface area contributed by atoms with Crippen molar-refractivity contribution in [3.8, 4) is 0 Å². The van der Waals surface area contributed by atoms with Crippen LogP contribution in [0, 0.1) is 0 Å². The second-order valence-electron chi connectivity index (χ2n) is 7.75. The molecule has 0 aliphatic carbocycles. The zero-order valence-electron chi connectivity index (χ0n) is 18.4. The molecule has 246 valence electrons. The highest BCUT2D eigenvalue weighted by molar-refractivity contribution is 5.26. The van der Waals surface area contributed by atoms with Gasteiger partial charge in [0, 0.05) is 6.42 Å². The molecular weight excluding hydrogens is 667 g/mol. The van der Waals surface area contributed by atoms with Crippen LogP contribution < -0.4 is 0 Å². The van der Waals surface area contributed by atoms with Crippen molar-refractivity contribution in [1.82, 2.24) is 0 Å². The van der Waals surface area contributed by atoms with Crippen LogP contribution in [0.25, 0.3) is 0 Å². The fourth-order valence-corrected chi connectivity index (χ4v) is 2.42. The summed E-state index contributed by atoms with van der Waals surface area (Å²) in [4.78, 5) is 0. The first-order chi connectivity index (χ1) is 17.4. The minimum atomic E-state index is -9.33. The van der Waals surface area contributed by atoms with Gasteiger partial charge >= 0.3 is 65.4 Å². The zero-order valence-corrected chi connectivity index (χ0v) is 18.4. The molecule has 0 aromatic heterocycles. The number of allylic oxidation sites excluding steroid dienone is 2. The topological polar surface area (TPSA) is 0 Å². The third-order valence-electron chi connectivity index (χ3n) is 4.88. The fraction of sp³-hybridized carbons (Fsp3) is 0.875. The van der Waals surface area contributed by atoms with E-state index in [1.54, 1.807) is 0 Å². The highest BCUT2D eigenvalue weighted by atomic mass is 19.4. The summed E-state index contributed by atoms with van der Waals surface area (Å²) in [5, 5.41) is 0. The summed E-state index contributed by atoms with van der Waals surface area (Å²) in [6, 6.07) is 0. The van der Waals surface area contributed by atoms with Gasteiger partial charge in [-0.1, -0.05) is 13.3 Å². The Morgan fingerprint density at radius 1 is 0.366 bits per heavy atom. The van der Waals surface area contributed by atoms with Gasteiger partial charge in [-0.15, -0.1) is 0 Å². The van der Waals surface area contributed by atoms with Crippen molar-refractivity contribution >= 4 is 0 Å². The quantitative estimate of drug-likeness (QED) is 0.181. The molecule has 0 fully saturated rings. The zero-order chi connectivity index (χ0) is 34.1. The van der Waals surface area contributed by atoms with Gasteiger partial charge in [-0.3, -0.25) is 0 Å². The van der Waals surface area contributed by atoms with Gasteiger partial charge in [-0.25, -0.2) is 8.78 Å². The Morgan fingerprint density at radius 3 is 0.878 bits per heavy atom. The molecule has 0 aromatic carbocycles. The molecule has 0 N–H and O–H groups in total. The van der Waals surface area contributed by atoms with Crippen LogP contribution in [0.4, 0.5) is 110 Å². The Kier molecular flexibility index (Phi) is 9.54. The van der Waals surface area contributed by atoms with E-state index in [0.29, 0.717) is 6.92 Å². The van der Waals surface area contributed by atoms with Gasteiger partial charge in [0.1, 0.15) is 0 Å². The number of hydrogen-bond donors (Lipinski definition) is 0. The van der Waals surface area contributed by atoms with Crippen LogP contribution in [-0.2, 0) is 0 Å². The monoisotopic (exact) mass is 674 g/mol. The number of hydrogen-bond acceptors (Lipinski definition) is 0. The summed E-state index contributed by atoms with van der Waals surface area (Å²) in [5.74, 6) is -96.1. The van der Waals surface area contributed by atoms with Crippen molar-refractivity contribution in [2.24, 2.45) is 0 Å². The molecule has 0 unspecified atom stereocenters. The van der Waals surface area contributed by atoms with Gasteiger partial charge in [0.05, 0.1) is 0 Å². The second-order valence-corrected chi connectivity index (χ2v) is 7.75. The summed E-state index contributed by atoms with van der Waals surface area (Å²) >= 11 is 0. The molecule has 0 spiro atoms. The Morgan fingerprint density at radius 2 is 0.610 bits per heavy atom. The minimum absolute atomic E-state index is 0.510. The molecule has 0 nitrogen and oxygen atoms in total. The lowest BCUT2D eigenvalue weighted by atomic mass is 9.88. The second kappa shape index (κ2) is 10.0. The Bertz CT molecular complexity index is 978. The predicted molar refractivity (Wildman–Crippen MR) is 79.7 cm³/mol. The van der Waals surface area contributed by atoms with Gasteiger partial charge in [0.15, 0.2) is 0 Å². The van der Waals surface area contributed by atoms with E-state index in [1.165, 1.54) is 0 Å². The lowest BCUT2D eigenvalue weighted by Crippen LogP contribution is -2.74. The molecule has 0 aliphatic rings. The van der Waals surface area contributed by atoms with Crippen LogP contribution in [0.15, 0.2) is 11.7 Å². The van der Waals surface area contributed by atoms with E-state index >= 15 is 0 Å². The molecule has 41 heavy (non-hydrogen) atoms. The van der Waals surface area contributed by atoms with Crippen molar-refractivity contribution in [3.05, 3.63) is 11.7 Å². The number of rotatable bonds is 12. The van der Waals surface area contributed by atoms with E-state index in [2.05, 4.69) is 0 Å². The molecule has 0 atom stereocenters. The maximum Gasteiger partial charge on any atom is 0.460 e. The molecule has 0 amide bonds. The number of alkyl halides is 23. The maximum atomic E-state index is 13.6.